The minimum atomic E-state index is 0.477. The molecule has 1 aromatic rings. The van der Waals surface area contributed by atoms with Crippen molar-refractivity contribution in [3.63, 3.8) is 0 Å². The molecular weight excluding hydrogens is 234 g/mol. The summed E-state index contributed by atoms with van der Waals surface area (Å²) in [4.78, 5) is 0. The van der Waals surface area contributed by atoms with Gasteiger partial charge in [-0.15, -0.1) is 0 Å². The molecule has 0 aliphatic carbocycles. The van der Waals surface area contributed by atoms with Crippen LogP contribution in [0.5, 0.6) is 5.75 Å². The Labute approximate surface area is 108 Å². The van der Waals surface area contributed by atoms with E-state index in [0.717, 1.165) is 29.4 Å². The molecule has 1 aromatic carbocycles. The van der Waals surface area contributed by atoms with Crippen molar-refractivity contribution in [2.45, 2.75) is 32.6 Å². The zero-order valence-corrected chi connectivity index (χ0v) is 11.5. The number of benzene rings is 1. The molecule has 0 amide bonds. The van der Waals surface area contributed by atoms with E-state index in [0.29, 0.717) is 5.92 Å². The molecule has 1 N–H and O–H groups in total. The predicted molar refractivity (Wildman–Crippen MR) is 72.3 cm³/mol. The van der Waals surface area contributed by atoms with E-state index in [9.17, 15) is 0 Å². The van der Waals surface area contributed by atoms with Crippen LogP contribution in [0, 0.1) is 13.8 Å². The summed E-state index contributed by atoms with van der Waals surface area (Å²) in [6, 6.07) is 2.10. The van der Waals surface area contributed by atoms with Gasteiger partial charge in [0.1, 0.15) is 5.75 Å². The molecule has 0 spiro atoms. The molecule has 1 heterocycles. The summed E-state index contributed by atoms with van der Waals surface area (Å²) >= 11 is 6.47. The summed E-state index contributed by atoms with van der Waals surface area (Å²) in [5, 5.41) is 4.31. The maximum absolute atomic E-state index is 6.47. The average Bonchev–Trinajstić information content (AvgIpc) is 2.34. The van der Waals surface area contributed by atoms with Gasteiger partial charge in [-0.2, -0.15) is 0 Å². The first-order chi connectivity index (χ1) is 8.15. The van der Waals surface area contributed by atoms with Gasteiger partial charge in [-0.1, -0.05) is 17.7 Å². The highest BCUT2D eigenvalue weighted by molar-refractivity contribution is 6.32. The molecular formula is C14H20ClNO. The lowest BCUT2D eigenvalue weighted by molar-refractivity contribution is 0.389. The second-order valence-electron chi connectivity index (χ2n) is 4.81. The van der Waals surface area contributed by atoms with Crippen molar-refractivity contribution >= 4 is 11.6 Å². The van der Waals surface area contributed by atoms with Crippen molar-refractivity contribution < 1.29 is 4.74 Å². The first-order valence-corrected chi connectivity index (χ1v) is 6.57. The van der Waals surface area contributed by atoms with Gasteiger partial charge < -0.3 is 10.1 Å². The van der Waals surface area contributed by atoms with E-state index in [2.05, 4.69) is 25.2 Å². The summed E-state index contributed by atoms with van der Waals surface area (Å²) in [6.07, 6.45) is 2.39. The highest BCUT2D eigenvalue weighted by Crippen LogP contribution is 2.40. The van der Waals surface area contributed by atoms with Crippen molar-refractivity contribution in [1.82, 2.24) is 5.32 Å². The van der Waals surface area contributed by atoms with E-state index in [4.69, 9.17) is 16.3 Å². The van der Waals surface area contributed by atoms with Gasteiger partial charge in [-0.05, 0) is 44.4 Å². The number of hydrogen-bond donors (Lipinski definition) is 1. The lowest BCUT2D eigenvalue weighted by Crippen LogP contribution is -2.29. The first kappa shape index (κ1) is 12.7. The van der Waals surface area contributed by atoms with Gasteiger partial charge in [-0.25, -0.2) is 0 Å². The van der Waals surface area contributed by atoms with Gasteiger partial charge in [0.2, 0.25) is 0 Å². The van der Waals surface area contributed by atoms with Crippen LogP contribution in [0.25, 0.3) is 0 Å². The molecule has 1 aliphatic rings. The van der Waals surface area contributed by atoms with E-state index in [1.54, 1.807) is 7.11 Å². The molecule has 2 nitrogen and oxygen atoms in total. The number of aryl methyl sites for hydroxylation is 2. The summed E-state index contributed by atoms with van der Waals surface area (Å²) in [7, 11) is 1.73. The van der Waals surface area contributed by atoms with Crippen LogP contribution in [0.3, 0.4) is 0 Å². The highest BCUT2D eigenvalue weighted by atomic mass is 35.5. The molecule has 1 atom stereocenters. The van der Waals surface area contributed by atoms with E-state index in [1.807, 2.05) is 0 Å². The van der Waals surface area contributed by atoms with Crippen molar-refractivity contribution in [2.24, 2.45) is 0 Å². The van der Waals surface area contributed by atoms with Crippen molar-refractivity contribution in [3.05, 3.63) is 27.8 Å². The molecule has 2 rings (SSSR count). The Morgan fingerprint density at radius 1 is 1.35 bits per heavy atom. The SMILES string of the molecule is COc1c(C)cc(C)c(Cl)c1C1CCCNC1. The summed E-state index contributed by atoms with van der Waals surface area (Å²) in [6.45, 7) is 6.26. The van der Waals surface area contributed by atoms with Crippen LogP contribution in [0.2, 0.25) is 5.02 Å². The Hall–Kier alpha value is -0.730. The Kier molecular flexibility index (Phi) is 3.95. The van der Waals surface area contributed by atoms with Gasteiger partial charge >= 0.3 is 0 Å². The Morgan fingerprint density at radius 3 is 2.71 bits per heavy atom. The lowest BCUT2D eigenvalue weighted by atomic mass is 9.88. The normalized spacial score (nSPS) is 20.4. The largest absolute Gasteiger partial charge is 0.496 e. The summed E-state index contributed by atoms with van der Waals surface area (Å²) in [5.41, 5.74) is 3.51. The van der Waals surface area contributed by atoms with Gasteiger partial charge in [0.05, 0.1) is 12.1 Å². The molecule has 17 heavy (non-hydrogen) atoms. The highest BCUT2D eigenvalue weighted by Gasteiger charge is 2.24. The summed E-state index contributed by atoms with van der Waals surface area (Å²) < 4.78 is 5.55. The molecule has 1 fully saturated rings. The van der Waals surface area contributed by atoms with E-state index >= 15 is 0 Å². The van der Waals surface area contributed by atoms with E-state index in [1.165, 1.54) is 24.0 Å². The number of ether oxygens (including phenoxy) is 1. The van der Waals surface area contributed by atoms with Crippen LogP contribution in [0.1, 0.15) is 35.4 Å². The zero-order chi connectivity index (χ0) is 12.4. The van der Waals surface area contributed by atoms with Gasteiger partial charge in [0, 0.05) is 18.0 Å². The average molecular weight is 254 g/mol. The second-order valence-corrected chi connectivity index (χ2v) is 5.19. The third-order valence-corrected chi connectivity index (χ3v) is 4.03. The molecule has 1 saturated heterocycles. The van der Waals surface area contributed by atoms with Gasteiger partial charge in [0.25, 0.3) is 0 Å². The molecule has 0 bridgehead atoms. The standard InChI is InChI=1S/C14H20ClNO/c1-9-7-10(2)14(17-3)12(13(9)15)11-5-4-6-16-8-11/h7,11,16H,4-6,8H2,1-3H3. The fourth-order valence-electron chi connectivity index (χ4n) is 2.71. The molecule has 0 saturated carbocycles. The molecule has 1 unspecified atom stereocenters. The number of halogens is 1. The van der Waals surface area contributed by atoms with Crippen molar-refractivity contribution in [3.8, 4) is 5.75 Å². The molecule has 0 radical (unpaired) electrons. The van der Waals surface area contributed by atoms with Crippen molar-refractivity contribution in [2.75, 3.05) is 20.2 Å². The maximum atomic E-state index is 6.47. The van der Waals surface area contributed by atoms with Crippen LogP contribution >= 0.6 is 11.6 Å². The quantitative estimate of drug-likeness (QED) is 0.872. The topological polar surface area (TPSA) is 21.3 Å². The molecule has 0 aromatic heterocycles. The van der Waals surface area contributed by atoms with Gasteiger partial charge in [0.15, 0.2) is 0 Å². The Morgan fingerprint density at radius 2 is 2.12 bits per heavy atom. The lowest BCUT2D eigenvalue weighted by Gasteiger charge is -2.27. The fraction of sp³-hybridized carbons (Fsp3) is 0.571. The van der Waals surface area contributed by atoms with Crippen LogP contribution < -0.4 is 10.1 Å². The number of hydrogen-bond acceptors (Lipinski definition) is 2. The number of methoxy groups -OCH3 is 1. The summed E-state index contributed by atoms with van der Waals surface area (Å²) in [5.74, 6) is 1.44. The molecule has 1 aliphatic heterocycles. The number of nitrogens with one attached hydrogen (secondary N) is 1. The smallest absolute Gasteiger partial charge is 0.126 e. The third kappa shape index (κ3) is 2.43. The van der Waals surface area contributed by atoms with Crippen LogP contribution in [0.15, 0.2) is 6.07 Å². The Balaban J connectivity index is 2.48. The third-order valence-electron chi connectivity index (χ3n) is 3.53. The minimum Gasteiger partial charge on any atom is -0.496 e. The predicted octanol–water partition coefficient (Wildman–Crippen LogP) is 3.43. The molecule has 3 heteroatoms. The van der Waals surface area contributed by atoms with Crippen molar-refractivity contribution in [1.29, 1.82) is 0 Å². The fourth-order valence-corrected chi connectivity index (χ4v) is 3.01. The van der Waals surface area contributed by atoms with Gasteiger partial charge in [-0.3, -0.25) is 0 Å². The monoisotopic (exact) mass is 253 g/mol. The van der Waals surface area contributed by atoms with Crippen LogP contribution in [-0.4, -0.2) is 20.2 Å². The number of piperidine rings is 1. The van der Waals surface area contributed by atoms with E-state index in [-0.39, 0.29) is 0 Å². The van der Waals surface area contributed by atoms with Crippen LogP contribution in [-0.2, 0) is 0 Å². The first-order valence-electron chi connectivity index (χ1n) is 6.19. The molecule has 94 valence electrons. The van der Waals surface area contributed by atoms with E-state index < -0.39 is 0 Å². The van der Waals surface area contributed by atoms with Crippen LogP contribution in [0.4, 0.5) is 0 Å². The maximum Gasteiger partial charge on any atom is 0.126 e. The zero-order valence-electron chi connectivity index (χ0n) is 10.8. The number of rotatable bonds is 2. The Bertz CT molecular complexity index is 411. The second kappa shape index (κ2) is 5.28. The minimum absolute atomic E-state index is 0.477.